The van der Waals surface area contributed by atoms with E-state index in [0.717, 1.165) is 0 Å². The van der Waals surface area contributed by atoms with Crippen molar-refractivity contribution in [2.75, 3.05) is 0 Å². The first-order valence-corrected chi connectivity index (χ1v) is 5.22. The predicted molar refractivity (Wildman–Crippen MR) is 67.8 cm³/mol. The van der Waals surface area contributed by atoms with E-state index in [1.807, 2.05) is 12.1 Å². The van der Waals surface area contributed by atoms with Gasteiger partial charge in [0.1, 0.15) is 0 Å². The first-order chi connectivity index (χ1) is 8.24. The third-order valence-corrected chi connectivity index (χ3v) is 2.05. The van der Waals surface area contributed by atoms with Gasteiger partial charge < -0.3 is 4.84 Å². The highest BCUT2D eigenvalue weighted by molar-refractivity contribution is 5.65. The largest absolute Gasteiger partial charge is 0.374 e. The summed E-state index contributed by atoms with van der Waals surface area (Å²) in [6.45, 7) is 1.24. The van der Waals surface area contributed by atoms with Crippen LogP contribution in [0.15, 0.2) is 60.7 Å². The molecule has 0 aromatic heterocycles. The Bertz CT molecular complexity index is 403. The highest BCUT2D eigenvalue weighted by atomic mass is 16.7. The molecule has 0 atom stereocenters. The molecule has 0 aliphatic rings. The van der Waals surface area contributed by atoms with Gasteiger partial charge in [-0.3, -0.25) is 4.79 Å². The molecule has 2 aromatic rings. The van der Waals surface area contributed by atoms with Crippen LogP contribution in [0, 0.1) is 0 Å². The molecule has 3 nitrogen and oxygen atoms in total. The molecule has 0 heterocycles. The molecule has 0 amide bonds. The van der Waals surface area contributed by atoms with Gasteiger partial charge in [-0.15, -0.1) is 0 Å². The minimum Gasteiger partial charge on any atom is -0.374 e. The second kappa shape index (κ2) is 7.19. The van der Waals surface area contributed by atoms with Crippen molar-refractivity contribution in [3.8, 4) is 11.1 Å². The van der Waals surface area contributed by atoms with Gasteiger partial charge in [0, 0.05) is 6.92 Å². The van der Waals surface area contributed by atoms with Crippen LogP contribution in [0.1, 0.15) is 6.92 Å². The van der Waals surface area contributed by atoms with Gasteiger partial charge in [-0.2, -0.15) is 5.90 Å². The Morgan fingerprint density at radius 3 is 1.41 bits per heavy atom. The lowest BCUT2D eigenvalue weighted by Crippen LogP contribution is -2.03. The summed E-state index contributed by atoms with van der Waals surface area (Å²) in [5.74, 6) is 3.85. The fraction of sp³-hybridized carbons (Fsp3) is 0.0714. The first-order valence-electron chi connectivity index (χ1n) is 5.22. The molecule has 0 fully saturated rings. The Morgan fingerprint density at radius 1 is 0.882 bits per heavy atom. The second-order valence-electron chi connectivity index (χ2n) is 3.34. The van der Waals surface area contributed by atoms with Crippen molar-refractivity contribution < 1.29 is 9.63 Å². The van der Waals surface area contributed by atoms with Crippen LogP contribution in [0.25, 0.3) is 11.1 Å². The van der Waals surface area contributed by atoms with Gasteiger partial charge >= 0.3 is 5.97 Å². The fourth-order valence-electron chi connectivity index (χ4n) is 1.26. The molecule has 0 aliphatic carbocycles. The van der Waals surface area contributed by atoms with E-state index in [4.69, 9.17) is 0 Å². The van der Waals surface area contributed by atoms with Crippen molar-refractivity contribution in [1.29, 1.82) is 0 Å². The van der Waals surface area contributed by atoms with Crippen molar-refractivity contribution >= 4 is 5.97 Å². The Hall–Kier alpha value is -2.13. The van der Waals surface area contributed by atoms with Crippen LogP contribution in [0.3, 0.4) is 0 Å². The summed E-state index contributed by atoms with van der Waals surface area (Å²) in [7, 11) is 0. The van der Waals surface area contributed by atoms with E-state index >= 15 is 0 Å². The molecule has 0 aliphatic heterocycles. The number of carbonyl (C=O) groups is 1. The lowest BCUT2D eigenvalue weighted by molar-refractivity contribution is -0.141. The predicted octanol–water partition coefficient (Wildman–Crippen LogP) is 2.78. The van der Waals surface area contributed by atoms with Crippen molar-refractivity contribution in [2.24, 2.45) is 5.90 Å². The quantitative estimate of drug-likeness (QED) is 0.765. The van der Waals surface area contributed by atoms with Gasteiger partial charge in [0.2, 0.25) is 0 Å². The van der Waals surface area contributed by atoms with Gasteiger partial charge in [-0.25, -0.2) is 0 Å². The number of benzene rings is 2. The number of rotatable bonds is 1. The maximum atomic E-state index is 9.47. The fourth-order valence-corrected chi connectivity index (χ4v) is 1.26. The molecule has 88 valence electrons. The molecule has 2 rings (SSSR count). The Balaban J connectivity index is 0.000000249. The molecular formula is C14H15NO2. The lowest BCUT2D eigenvalue weighted by atomic mass is 10.1. The van der Waals surface area contributed by atoms with Gasteiger partial charge in [-0.05, 0) is 11.1 Å². The van der Waals surface area contributed by atoms with Crippen LogP contribution in [0.4, 0.5) is 0 Å². The normalized spacial score (nSPS) is 8.82. The summed E-state index contributed by atoms with van der Waals surface area (Å²) >= 11 is 0. The van der Waals surface area contributed by atoms with Crippen LogP contribution < -0.4 is 5.90 Å². The maximum absolute atomic E-state index is 9.47. The van der Waals surface area contributed by atoms with Crippen molar-refractivity contribution in [3.05, 3.63) is 60.7 Å². The molecule has 0 spiro atoms. The minimum absolute atomic E-state index is 0.468. The van der Waals surface area contributed by atoms with E-state index in [9.17, 15) is 4.79 Å². The summed E-state index contributed by atoms with van der Waals surface area (Å²) in [5, 5.41) is 0. The third-order valence-electron chi connectivity index (χ3n) is 2.05. The second-order valence-corrected chi connectivity index (χ2v) is 3.34. The van der Waals surface area contributed by atoms with Crippen LogP contribution >= 0.6 is 0 Å². The summed E-state index contributed by atoms with van der Waals surface area (Å²) in [6, 6.07) is 20.8. The van der Waals surface area contributed by atoms with Crippen LogP contribution in [-0.2, 0) is 9.63 Å². The maximum Gasteiger partial charge on any atom is 0.321 e. The molecule has 17 heavy (non-hydrogen) atoms. The van der Waals surface area contributed by atoms with Crippen LogP contribution in [0.2, 0.25) is 0 Å². The van der Waals surface area contributed by atoms with E-state index in [1.165, 1.54) is 18.1 Å². The van der Waals surface area contributed by atoms with Crippen molar-refractivity contribution in [2.45, 2.75) is 6.92 Å². The van der Waals surface area contributed by atoms with Crippen molar-refractivity contribution in [3.63, 3.8) is 0 Å². The zero-order valence-electron chi connectivity index (χ0n) is 9.67. The van der Waals surface area contributed by atoms with Gasteiger partial charge in [0.05, 0.1) is 0 Å². The molecule has 3 heteroatoms. The summed E-state index contributed by atoms with van der Waals surface area (Å²) in [4.78, 5) is 13.1. The Morgan fingerprint density at radius 2 is 1.18 bits per heavy atom. The van der Waals surface area contributed by atoms with Gasteiger partial charge in [0.15, 0.2) is 0 Å². The first kappa shape index (κ1) is 12.9. The summed E-state index contributed by atoms with van der Waals surface area (Å²) in [6.07, 6.45) is 0. The van der Waals surface area contributed by atoms with E-state index in [2.05, 4.69) is 59.3 Å². The number of nitrogens with two attached hydrogens (primary N) is 1. The van der Waals surface area contributed by atoms with E-state index in [0.29, 0.717) is 0 Å². The molecule has 0 saturated carbocycles. The molecule has 2 N–H and O–H groups in total. The van der Waals surface area contributed by atoms with Crippen LogP contribution in [-0.4, -0.2) is 5.97 Å². The van der Waals surface area contributed by atoms with Gasteiger partial charge in [0.25, 0.3) is 0 Å². The smallest absolute Gasteiger partial charge is 0.321 e. The van der Waals surface area contributed by atoms with Crippen LogP contribution in [0.5, 0.6) is 0 Å². The van der Waals surface area contributed by atoms with Crippen molar-refractivity contribution in [1.82, 2.24) is 0 Å². The molecule has 0 saturated heterocycles. The molecular weight excluding hydrogens is 214 g/mol. The summed E-state index contributed by atoms with van der Waals surface area (Å²) < 4.78 is 0. The average Bonchev–Trinajstić information content (AvgIpc) is 2.41. The zero-order chi connectivity index (χ0) is 12.5. The number of carbonyl (C=O) groups excluding carboxylic acids is 1. The SMILES string of the molecule is CC(=O)ON.c1ccc(-c2ccccc2)cc1. The zero-order valence-corrected chi connectivity index (χ0v) is 9.67. The third kappa shape index (κ3) is 4.95. The molecule has 0 radical (unpaired) electrons. The Labute approximate surface area is 101 Å². The molecule has 2 aromatic carbocycles. The number of hydrogen-bond acceptors (Lipinski definition) is 3. The lowest BCUT2D eigenvalue weighted by Gasteiger charge is -1.98. The monoisotopic (exact) mass is 229 g/mol. The summed E-state index contributed by atoms with van der Waals surface area (Å²) in [5.41, 5.74) is 2.55. The van der Waals surface area contributed by atoms with E-state index < -0.39 is 5.97 Å². The highest BCUT2D eigenvalue weighted by Crippen LogP contribution is 2.17. The number of hydrogen-bond donors (Lipinski definition) is 1. The Kier molecular flexibility index (Phi) is 5.47. The molecule has 0 unspecified atom stereocenters. The topological polar surface area (TPSA) is 52.3 Å². The van der Waals surface area contributed by atoms with Gasteiger partial charge in [-0.1, -0.05) is 60.7 Å². The molecule has 0 bridgehead atoms. The van der Waals surface area contributed by atoms with E-state index in [1.54, 1.807) is 0 Å². The van der Waals surface area contributed by atoms with E-state index in [-0.39, 0.29) is 0 Å². The minimum atomic E-state index is -0.468. The average molecular weight is 229 g/mol. The standard InChI is InChI=1S/C12H10.C2H5NO2/c1-3-7-11(8-4-1)12-9-5-2-6-10-12;1-2(4)5-3/h1-10H;3H2,1H3. The highest BCUT2D eigenvalue weighted by Gasteiger charge is 1.91.